The van der Waals surface area contributed by atoms with Gasteiger partial charge in [0.05, 0.1) is 26.0 Å². The van der Waals surface area contributed by atoms with Gasteiger partial charge in [0.15, 0.2) is 29.5 Å². The van der Waals surface area contributed by atoms with E-state index in [9.17, 15) is 9.59 Å². The van der Waals surface area contributed by atoms with Crippen LogP contribution in [-0.2, 0) is 41.9 Å². The summed E-state index contributed by atoms with van der Waals surface area (Å²) in [7, 11) is 0. The molecule has 13 heteroatoms. The molecule has 8 rings (SSSR count). The van der Waals surface area contributed by atoms with Crippen LogP contribution in [0.25, 0.3) is 11.0 Å². The van der Waals surface area contributed by atoms with E-state index in [0.717, 1.165) is 25.7 Å². The Hall–Kier alpha value is -3.36. The second kappa shape index (κ2) is 11.8. The molecule has 6 heterocycles. The van der Waals surface area contributed by atoms with E-state index >= 15 is 0 Å². The largest absolute Gasteiger partial charge is 0.483 e. The van der Waals surface area contributed by atoms with Gasteiger partial charge in [-0.3, -0.25) is 0 Å². The van der Waals surface area contributed by atoms with Gasteiger partial charge in [-0.15, -0.1) is 5.10 Å². The number of nitrogens with zero attached hydrogens (tertiary/aromatic N) is 3. The fourth-order valence-corrected chi connectivity index (χ4v) is 7.57. The first-order chi connectivity index (χ1) is 21.7. The highest BCUT2D eigenvalue weighted by Crippen LogP contribution is 2.60. The lowest BCUT2D eigenvalue weighted by Gasteiger charge is -2.60. The lowest BCUT2D eigenvalue weighted by Crippen LogP contribution is -2.70. The molecule has 8 atom stereocenters. The topological polar surface area (TPSA) is 143 Å². The first-order valence-electron chi connectivity index (χ1n) is 15.8. The number of rotatable bonds is 9. The molecule has 3 aromatic rings. The van der Waals surface area contributed by atoms with Crippen LogP contribution >= 0.6 is 0 Å². The van der Waals surface area contributed by atoms with Crippen molar-refractivity contribution in [2.75, 3.05) is 13.2 Å². The number of hydrogen-bond donors (Lipinski definition) is 0. The molecular weight excluding hydrogens is 586 g/mol. The smallest absolute Gasteiger partial charge is 0.351 e. The molecule has 1 aromatic carbocycles. The van der Waals surface area contributed by atoms with Crippen LogP contribution in [0, 0.1) is 23.7 Å². The Bertz CT molecular complexity index is 1620. The van der Waals surface area contributed by atoms with E-state index in [0.29, 0.717) is 41.8 Å². The van der Waals surface area contributed by atoms with Crippen LogP contribution in [0.3, 0.4) is 0 Å². The fraction of sp³-hybridized carbons (Fsp3) is 0.625. The lowest BCUT2D eigenvalue weighted by molar-refractivity contribution is -0.577. The van der Waals surface area contributed by atoms with Gasteiger partial charge in [0.25, 0.3) is 0 Å². The quantitative estimate of drug-likeness (QED) is 0.189. The third kappa shape index (κ3) is 5.34. The van der Waals surface area contributed by atoms with Gasteiger partial charge in [-0.05, 0) is 57.1 Å². The van der Waals surface area contributed by atoms with Crippen molar-refractivity contribution in [3.63, 3.8) is 0 Å². The number of carbonyl (C=O) groups excluding carboxylic acids is 1. The van der Waals surface area contributed by atoms with Crippen molar-refractivity contribution in [1.82, 2.24) is 15.0 Å². The molecule has 5 fully saturated rings. The standard InChI is InChI=1S/C32H39N3O10/c1-5-38-27(36)22-15-20-7-6-8-25(26(20)41-28(22)37)40-17-21-16-35(34-33-21)13-14-39-29-19(3)24-10-9-18(2)23-11-12-31(4)43-30(42-29)32(23,24)45-44-31/h6-8,15-16,18-19,23-24,29-30H,5,9-14,17H2,1-4H3/t18-,19-,23+,24+,29-,30-,31-,32-/m1/s1. The minimum absolute atomic E-state index is 0.0831. The van der Waals surface area contributed by atoms with Gasteiger partial charge < -0.3 is 28.1 Å². The highest BCUT2D eigenvalue weighted by molar-refractivity contribution is 5.94. The molecule has 4 saturated heterocycles. The van der Waals surface area contributed by atoms with E-state index in [1.807, 2.05) is 6.92 Å². The van der Waals surface area contributed by atoms with Crippen molar-refractivity contribution >= 4 is 16.9 Å². The van der Waals surface area contributed by atoms with E-state index in [1.165, 1.54) is 6.07 Å². The van der Waals surface area contributed by atoms with Gasteiger partial charge in [-0.25, -0.2) is 24.0 Å². The highest BCUT2D eigenvalue weighted by atomic mass is 17.3. The van der Waals surface area contributed by atoms with Crippen molar-refractivity contribution in [1.29, 1.82) is 0 Å². The molecule has 1 saturated carbocycles. The summed E-state index contributed by atoms with van der Waals surface area (Å²) in [6.45, 7) is 9.10. The molecule has 0 unspecified atom stereocenters. The SMILES string of the molecule is CCOC(=O)c1cc2cccc(OCc3cn(CCO[C@@H]4O[C@@H]5O[C@@]6(C)CC[C@H]7[C@H](C)CC[C@@H]([C@H]4C)[C@@]57OO6)nn3)c2oc1=O. The summed E-state index contributed by atoms with van der Waals surface area (Å²) in [4.78, 5) is 36.6. The first kappa shape index (κ1) is 30.3. The minimum Gasteiger partial charge on any atom is -0.483 e. The zero-order valence-corrected chi connectivity index (χ0v) is 25.9. The molecule has 13 nitrogen and oxygen atoms in total. The predicted octanol–water partition coefficient (Wildman–Crippen LogP) is 4.36. The molecular formula is C32H39N3O10. The van der Waals surface area contributed by atoms with Crippen molar-refractivity contribution in [2.24, 2.45) is 23.7 Å². The summed E-state index contributed by atoms with van der Waals surface area (Å²) in [6.07, 6.45) is 4.64. The molecule has 5 aliphatic rings. The fourth-order valence-electron chi connectivity index (χ4n) is 7.57. The van der Waals surface area contributed by atoms with Gasteiger partial charge in [-0.2, -0.15) is 0 Å². The number of benzene rings is 1. The molecule has 2 bridgehead atoms. The molecule has 4 aliphatic heterocycles. The third-order valence-corrected chi connectivity index (χ3v) is 9.88. The number of carbonyl (C=O) groups is 1. The van der Waals surface area contributed by atoms with Crippen LogP contribution in [0.4, 0.5) is 0 Å². The lowest BCUT2D eigenvalue weighted by atomic mass is 9.58. The van der Waals surface area contributed by atoms with Crippen LogP contribution < -0.4 is 10.4 Å². The summed E-state index contributed by atoms with van der Waals surface area (Å²) < 4.78 is 37.2. The average molecular weight is 626 g/mol. The Morgan fingerprint density at radius 1 is 1.16 bits per heavy atom. The van der Waals surface area contributed by atoms with Gasteiger partial charge in [0.2, 0.25) is 5.79 Å². The number of esters is 1. The summed E-state index contributed by atoms with van der Waals surface area (Å²) in [5.41, 5.74) is -0.765. The van der Waals surface area contributed by atoms with Crippen LogP contribution in [-0.4, -0.2) is 58.1 Å². The monoisotopic (exact) mass is 625 g/mol. The molecule has 1 aliphatic carbocycles. The maximum absolute atomic E-state index is 12.4. The molecule has 45 heavy (non-hydrogen) atoms. The van der Waals surface area contributed by atoms with Gasteiger partial charge in [0, 0.05) is 23.6 Å². The first-order valence-corrected chi connectivity index (χ1v) is 15.8. The Balaban J connectivity index is 0.972. The van der Waals surface area contributed by atoms with E-state index in [2.05, 4.69) is 24.2 Å². The van der Waals surface area contributed by atoms with Crippen LogP contribution in [0.5, 0.6) is 5.75 Å². The predicted molar refractivity (Wildman–Crippen MR) is 156 cm³/mol. The second-order valence-electron chi connectivity index (χ2n) is 12.7. The minimum atomic E-state index is -0.829. The highest BCUT2D eigenvalue weighted by Gasteiger charge is 2.69. The summed E-state index contributed by atoms with van der Waals surface area (Å²) in [5, 5.41) is 8.96. The van der Waals surface area contributed by atoms with E-state index in [1.54, 1.807) is 36.0 Å². The van der Waals surface area contributed by atoms with E-state index in [-0.39, 0.29) is 36.2 Å². The van der Waals surface area contributed by atoms with E-state index < -0.39 is 35.6 Å². The zero-order chi connectivity index (χ0) is 31.3. The Kier molecular flexibility index (Phi) is 7.93. The van der Waals surface area contributed by atoms with Gasteiger partial charge >= 0.3 is 11.6 Å². The Labute approximate surface area is 259 Å². The van der Waals surface area contributed by atoms with Crippen molar-refractivity contribution < 1.29 is 42.7 Å². The molecule has 242 valence electrons. The summed E-state index contributed by atoms with van der Waals surface area (Å²) in [5.74, 6) is -0.139. The maximum Gasteiger partial charge on any atom is 0.351 e. The normalized spacial score (nSPS) is 33.9. The van der Waals surface area contributed by atoms with Gasteiger partial charge in [0.1, 0.15) is 17.9 Å². The maximum atomic E-state index is 12.4. The summed E-state index contributed by atoms with van der Waals surface area (Å²) in [6, 6.07) is 6.59. The van der Waals surface area contributed by atoms with E-state index in [4.69, 9.17) is 37.9 Å². The van der Waals surface area contributed by atoms with Gasteiger partial charge in [-0.1, -0.05) is 31.2 Å². The summed E-state index contributed by atoms with van der Waals surface area (Å²) >= 11 is 0. The Morgan fingerprint density at radius 3 is 2.87 bits per heavy atom. The molecule has 0 N–H and O–H groups in total. The van der Waals surface area contributed by atoms with Crippen LogP contribution in [0.1, 0.15) is 69.4 Å². The third-order valence-electron chi connectivity index (χ3n) is 9.88. The molecule has 0 radical (unpaired) electrons. The Morgan fingerprint density at radius 2 is 2.02 bits per heavy atom. The van der Waals surface area contributed by atoms with Crippen molar-refractivity contribution in [2.45, 2.75) is 90.5 Å². The van der Waals surface area contributed by atoms with Crippen LogP contribution in [0.15, 0.2) is 39.7 Å². The van der Waals surface area contributed by atoms with Crippen LogP contribution in [0.2, 0.25) is 0 Å². The van der Waals surface area contributed by atoms with Crippen molar-refractivity contribution in [3.05, 3.63) is 52.1 Å². The number of fused-ring (bicyclic) bond motifs is 3. The molecule has 2 aromatic heterocycles. The zero-order valence-electron chi connectivity index (χ0n) is 25.9. The van der Waals surface area contributed by atoms with Crippen molar-refractivity contribution in [3.8, 4) is 5.75 Å². The molecule has 1 spiro atoms. The number of aromatic nitrogens is 3. The number of para-hydroxylation sites is 1. The average Bonchev–Trinajstić information content (AvgIpc) is 3.35. The second-order valence-corrected chi connectivity index (χ2v) is 12.7. The molecule has 0 amide bonds. The number of hydrogen-bond acceptors (Lipinski definition) is 12. The number of ether oxygens (including phenoxy) is 5.